The Morgan fingerprint density at radius 2 is 1.82 bits per heavy atom. The summed E-state index contributed by atoms with van der Waals surface area (Å²) in [4.78, 5) is 16.6. The number of carbonyl (C=O) groups is 1. The molecule has 1 saturated heterocycles. The summed E-state index contributed by atoms with van der Waals surface area (Å²) in [6.07, 6.45) is 4.14. The van der Waals surface area contributed by atoms with E-state index in [1.54, 1.807) is 0 Å². The van der Waals surface area contributed by atoms with Crippen LogP contribution in [0.4, 0.5) is 0 Å². The summed E-state index contributed by atoms with van der Waals surface area (Å²) < 4.78 is 0. The van der Waals surface area contributed by atoms with Gasteiger partial charge in [-0.2, -0.15) is 0 Å². The fourth-order valence-corrected chi connectivity index (χ4v) is 2.74. The van der Waals surface area contributed by atoms with Crippen molar-refractivity contribution in [3.05, 3.63) is 0 Å². The minimum atomic E-state index is 0. The molecular weight excluding hydrogens is 238 g/mol. The van der Waals surface area contributed by atoms with Crippen molar-refractivity contribution in [1.29, 1.82) is 0 Å². The summed E-state index contributed by atoms with van der Waals surface area (Å²) in [5.41, 5.74) is 5.94. The van der Waals surface area contributed by atoms with E-state index >= 15 is 0 Å². The van der Waals surface area contributed by atoms with Gasteiger partial charge in [-0.25, -0.2) is 0 Å². The maximum absolute atomic E-state index is 12.3. The van der Waals surface area contributed by atoms with E-state index in [0.29, 0.717) is 5.91 Å². The van der Waals surface area contributed by atoms with Gasteiger partial charge < -0.3 is 15.5 Å². The van der Waals surface area contributed by atoms with E-state index in [-0.39, 0.29) is 24.4 Å². The number of likely N-dealkylation sites (N-methyl/N-ethyl adjacent to an activating group) is 1. The van der Waals surface area contributed by atoms with Gasteiger partial charge >= 0.3 is 0 Å². The van der Waals surface area contributed by atoms with E-state index < -0.39 is 0 Å². The van der Waals surface area contributed by atoms with E-state index in [1.807, 2.05) is 4.90 Å². The van der Waals surface area contributed by atoms with Gasteiger partial charge in [0.2, 0.25) is 5.91 Å². The van der Waals surface area contributed by atoms with Crippen LogP contribution in [0.5, 0.6) is 0 Å². The summed E-state index contributed by atoms with van der Waals surface area (Å²) >= 11 is 0. The zero-order chi connectivity index (χ0) is 11.5. The van der Waals surface area contributed by atoms with Crippen molar-refractivity contribution >= 4 is 18.3 Å². The number of nitrogens with zero attached hydrogens (tertiary/aromatic N) is 2. The van der Waals surface area contributed by atoms with Crippen molar-refractivity contribution < 1.29 is 4.79 Å². The fourth-order valence-electron chi connectivity index (χ4n) is 2.74. The zero-order valence-electron chi connectivity index (χ0n) is 10.6. The number of hydrogen-bond acceptors (Lipinski definition) is 3. The Hall–Kier alpha value is -0.320. The molecule has 2 rings (SSSR count). The summed E-state index contributed by atoms with van der Waals surface area (Å²) in [6, 6.07) is 0.246. The molecule has 0 aromatic carbocycles. The molecule has 0 bridgehead atoms. The summed E-state index contributed by atoms with van der Waals surface area (Å²) in [5.74, 6) is 0.551. The van der Waals surface area contributed by atoms with Crippen LogP contribution in [0.2, 0.25) is 0 Å². The monoisotopic (exact) mass is 261 g/mol. The summed E-state index contributed by atoms with van der Waals surface area (Å²) in [7, 11) is 2.11. The average molecular weight is 262 g/mol. The first-order valence-corrected chi connectivity index (χ1v) is 6.39. The molecule has 2 aliphatic rings. The SMILES string of the molecule is CN1CCN(C(=O)C2CCCC(N)C2)CC1.Cl. The minimum Gasteiger partial charge on any atom is -0.340 e. The van der Waals surface area contributed by atoms with Crippen LogP contribution < -0.4 is 5.73 Å². The molecule has 0 spiro atoms. The van der Waals surface area contributed by atoms with Crippen LogP contribution in [0.15, 0.2) is 0 Å². The van der Waals surface area contributed by atoms with Gasteiger partial charge in [0.1, 0.15) is 0 Å². The molecule has 4 nitrogen and oxygen atoms in total. The van der Waals surface area contributed by atoms with Crippen LogP contribution in [0.25, 0.3) is 0 Å². The summed E-state index contributed by atoms with van der Waals surface area (Å²) in [5, 5.41) is 0. The Morgan fingerprint density at radius 3 is 2.41 bits per heavy atom. The number of halogens is 1. The lowest BCUT2D eigenvalue weighted by atomic mass is 9.85. The second kappa shape index (κ2) is 6.57. The highest BCUT2D eigenvalue weighted by molar-refractivity contribution is 5.85. The average Bonchev–Trinajstić information content (AvgIpc) is 2.29. The summed E-state index contributed by atoms with van der Waals surface area (Å²) in [6.45, 7) is 3.79. The molecule has 17 heavy (non-hydrogen) atoms. The van der Waals surface area contributed by atoms with Crippen LogP contribution in [0.3, 0.4) is 0 Å². The lowest BCUT2D eigenvalue weighted by molar-refractivity contribution is -0.138. The van der Waals surface area contributed by atoms with Crippen molar-refractivity contribution in [2.75, 3.05) is 33.2 Å². The third-order valence-electron chi connectivity index (χ3n) is 3.88. The van der Waals surface area contributed by atoms with Crippen LogP contribution in [0.1, 0.15) is 25.7 Å². The standard InChI is InChI=1S/C12H23N3O.ClH/c1-14-5-7-15(8-6-14)12(16)10-3-2-4-11(13)9-10;/h10-11H,2-9,13H2,1H3;1H. The fraction of sp³-hybridized carbons (Fsp3) is 0.917. The molecular formula is C12H24ClN3O. The van der Waals surface area contributed by atoms with Gasteiger partial charge in [0, 0.05) is 38.1 Å². The number of amides is 1. The first kappa shape index (κ1) is 14.7. The molecule has 1 heterocycles. The first-order valence-electron chi connectivity index (χ1n) is 6.39. The second-order valence-corrected chi connectivity index (χ2v) is 5.25. The molecule has 100 valence electrons. The van der Waals surface area contributed by atoms with Crippen molar-refractivity contribution in [2.24, 2.45) is 11.7 Å². The van der Waals surface area contributed by atoms with Crippen LogP contribution in [-0.2, 0) is 4.79 Å². The van der Waals surface area contributed by atoms with Crippen molar-refractivity contribution in [3.8, 4) is 0 Å². The normalized spacial score (nSPS) is 30.8. The van der Waals surface area contributed by atoms with Crippen LogP contribution in [-0.4, -0.2) is 55.0 Å². The molecule has 0 aromatic rings. The van der Waals surface area contributed by atoms with Gasteiger partial charge in [-0.05, 0) is 26.3 Å². The molecule has 2 atom stereocenters. The van der Waals surface area contributed by atoms with Gasteiger partial charge in [0.05, 0.1) is 0 Å². The zero-order valence-corrected chi connectivity index (χ0v) is 11.4. The topological polar surface area (TPSA) is 49.6 Å². The Labute approximate surface area is 110 Å². The van der Waals surface area contributed by atoms with Crippen molar-refractivity contribution in [2.45, 2.75) is 31.7 Å². The largest absolute Gasteiger partial charge is 0.340 e. The van der Waals surface area contributed by atoms with Crippen LogP contribution in [0, 0.1) is 5.92 Å². The van der Waals surface area contributed by atoms with Crippen molar-refractivity contribution in [1.82, 2.24) is 9.80 Å². The lowest BCUT2D eigenvalue weighted by Gasteiger charge is -2.36. The molecule has 2 N–H and O–H groups in total. The van der Waals surface area contributed by atoms with Gasteiger partial charge in [-0.3, -0.25) is 4.79 Å². The molecule has 1 amide bonds. The quantitative estimate of drug-likeness (QED) is 0.756. The Balaban J connectivity index is 0.00000144. The smallest absolute Gasteiger partial charge is 0.225 e. The van der Waals surface area contributed by atoms with Gasteiger partial charge in [-0.15, -0.1) is 12.4 Å². The molecule has 2 fully saturated rings. The predicted octanol–water partition coefficient (Wildman–Crippen LogP) is 0.700. The third kappa shape index (κ3) is 3.83. The highest BCUT2D eigenvalue weighted by Gasteiger charge is 2.29. The highest BCUT2D eigenvalue weighted by atomic mass is 35.5. The van der Waals surface area contributed by atoms with E-state index in [4.69, 9.17) is 5.73 Å². The molecule has 2 unspecified atom stereocenters. The number of rotatable bonds is 1. The molecule has 0 radical (unpaired) electrons. The van der Waals surface area contributed by atoms with Crippen molar-refractivity contribution in [3.63, 3.8) is 0 Å². The van der Waals surface area contributed by atoms with E-state index in [2.05, 4.69) is 11.9 Å². The van der Waals surface area contributed by atoms with Gasteiger partial charge in [-0.1, -0.05) is 6.42 Å². The Morgan fingerprint density at radius 1 is 1.18 bits per heavy atom. The number of piperazine rings is 1. The predicted molar refractivity (Wildman–Crippen MR) is 71.3 cm³/mol. The van der Waals surface area contributed by atoms with E-state index in [0.717, 1.165) is 51.9 Å². The minimum absolute atomic E-state index is 0. The molecule has 1 aliphatic carbocycles. The molecule has 5 heteroatoms. The molecule has 0 aromatic heterocycles. The number of hydrogen-bond donors (Lipinski definition) is 1. The number of carbonyl (C=O) groups excluding carboxylic acids is 1. The second-order valence-electron chi connectivity index (χ2n) is 5.25. The third-order valence-corrected chi connectivity index (χ3v) is 3.88. The van der Waals surface area contributed by atoms with Crippen LogP contribution >= 0.6 is 12.4 Å². The molecule has 1 saturated carbocycles. The van der Waals surface area contributed by atoms with Gasteiger partial charge in [0.15, 0.2) is 0 Å². The maximum Gasteiger partial charge on any atom is 0.225 e. The van der Waals surface area contributed by atoms with E-state index in [1.165, 1.54) is 0 Å². The maximum atomic E-state index is 12.3. The number of nitrogens with two attached hydrogens (primary N) is 1. The van der Waals surface area contributed by atoms with E-state index in [9.17, 15) is 4.79 Å². The molecule has 1 aliphatic heterocycles. The Kier molecular flexibility index (Phi) is 5.70. The first-order chi connectivity index (χ1) is 7.66. The highest BCUT2D eigenvalue weighted by Crippen LogP contribution is 2.25. The Bertz CT molecular complexity index is 254. The lowest BCUT2D eigenvalue weighted by Crippen LogP contribution is -2.50. The van der Waals surface area contributed by atoms with Gasteiger partial charge in [0.25, 0.3) is 0 Å².